The second-order valence-corrected chi connectivity index (χ2v) is 7.27. The van der Waals surface area contributed by atoms with Gasteiger partial charge < -0.3 is 20.7 Å². The molecule has 0 fully saturated rings. The number of benzene rings is 2. The first-order valence-corrected chi connectivity index (χ1v) is 9.72. The molecule has 0 radical (unpaired) electrons. The Hall–Kier alpha value is -3.85. The van der Waals surface area contributed by atoms with Gasteiger partial charge in [0.25, 0.3) is 5.56 Å². The van der Waals surface area contributed by atoms with E-state index in [2.05, 4.69) is 25.9 Å². The number of hydrogen-bond acceptors (Lipinski definition) is 6. The summed E-state index contributed by atoms with van der Waals surface area (Å²) < 4.78 is 5.11. The molecule has 158 valence electrons. The molecular formula is C21H18ClN5O4. The zero-order chi connectivity index (χ0) is 22.0. The molecule has 1 aliphatic rings. The van der Waals surface area contributed by atoms with Crippen LogP contribution in [0.3, 0.4) is 0 Å². The van der Waals surface area contributed by atoms with Crippen molar-refractivity contribution in [2.24, 2.45) is 0 Å². The molecule has 4 N–H and O–H groups in total. The lowest BCUT2D eigenvalue weighted by molar-refractivity contribution is -0.123. The molecule has 4 rings (SSSR count). The Morgan fingerprint density at radius 3 is 2.65 bits per heavy atom. The Morgan fingerprint density at radius 1 is 1.16 bits per heavy atom. The van der Waals surface area contributed by atoms with Crippen LogP contribution in [-0.4, -0.2) is 28.9 Å². The Kier molecular flexibility index (Phi) is 5.59. The minimum absolute atomic E-state index is 0.0438. The SMILES string of the molecule is COc1ccc(Nc2nc3c(c(=O)[nH]2)[C@@H](C(=O)Nc2cccc(Cl)c2)CC(=O)N3)cc1. The molecule has 2 heterocycles. The molecule has 0 bridgehead atoms. The number of nitrogens with zero attached hydrogens (tertiary/aromatic N) is 1. The van der Waals surface area contributed by atoms with Gasteiger partial charge in [-0.2, -0.15) is 4.98 Å². The normalized spacial score (nSPS) is 14.9. The highest BCUT2D eigenvalue weighted by Gasteiger charge is 2.34. The maximum atomic E-state index is 12.8. The van der Waals surface area contributed by atoms with Crippen molar-refractivity contribution < 1.29 is 14.3 Å². The third kappa shape index (κ3) is 4.51. The van der Waals surface area contributed by atoms with E-state index >= 15 is 0 Å². The number of ether oxygens (including phenoxy) is 1. The molecule has 0 aliphatic carbocycles. The minimum atomic E-state index is -0.992. The summed E-state index contributed by atoms with van der Waals surface area (Å²) in [5.41, 5.74) is 0.695. The van der Waals surface area contributed by atoms with Crippen LogP contribution in [0.25, 0.3) is 0 Å². The zero-order valence-corrected chi connectivity index (χ0v) is 17.1. The summed E-state index contributed by atoms with van der Waals surface area (Å²) in [4.78, 5) is 44.7. The predicted octanol–water partition coefficient (Wildman–Crippen LogP) is 3.24. The van der Waals surface area contributed by atoms with E-state index in [4.69, 9.17) is 16.3 Å². The number of hydrogen-bond donors (Lipinski definition) is 4. The number of aromatic amines is 1. The summed E-state index contributed by atoms with van der Waals surface area (Å²) in [5, 5.41) is 8.68. The van der Waals surface area contributed by atoms with E-state index in [0.717, 1.165) is 0 Å². The van der Waals surface area contributed by atoms with Crippen LogP contribution in [0.1, 0.15) is 17.9 Å². The van der Waals surface area contributed by atoms with E-state index < -0.39 is 23.3 Å². The van der Waals surface area contributed by atoms with E-state index in [1.54, 1.807) is 55.6 Å². The number of halogens is 1. The van der Waals surface area contributed by atoms with Crippen LogP contribution >= 0.6 is 11.6 Å². The van der Waals surface area contributed by atoms with Gasteiger partial charge in [0.05, 0.1) is 18.6 Å². The average molecular weight is 440 g/mol. The number of carbonyl (C=O) groups excluding carboxylic acids is 2. The van der Waals surface area contributed by atoms with Crippen LogP contribution in [0, 0.1) is 0 Å². The number of methoxy groups -OCH3 is 1. The molecule has 0 saturated heterocycles. The lowest BCUT2D eigenvalue weighted by atomic mass is 9.92. The second-order valence-electron chi connectivity index (χ2n) is 6.83. The Labute approximate surface area is 181 Å². The van der Waals surface area contributed by atoms with Gasteiger partial charge in [0.1, 0.15) is 11.6 Å². The largest absolute Gasteiger partial charge is 0.497 e. The molecule has 1 aliphatic heterocycles. The first-order chi connectivity index (χ1) is 14.9. The van der Waals surface area contributed by atoms with Crippen molar-refractivity contribution in [2.75, 3.05) is 23.1 Å². The van der Waals surface area contributed by atoms with Crippen molar-refractivity contribution in [3.63, 3.8) is 0 Å². The molecule has 3 aromatic rings. The third-order valence-electron chi connectivity index (χ3n) is 4.71. The van der Waals surface area contributed by atoms with Crippen molar-refractivity contribution in [3.8, 4) is 5.75 Å². The van der Waals surface area contributed by atoms with E-state index in [1.807, 2.05) is 0 Å². The van der Waals surface area contributed by atoms with Gasteiger partial charge in [0.15, 0.2) is 0 Å². The highest BCUT2D eigenvalue weighted by atomic mass is 35.5. The van der Waals surface area contributed by atoms with Crippen molar-refractivity contribution in [1.82, 2.24) is 9.97 Å². The first-order valence-electron chi connectivity index (χ1n) is 9.34. The molecule has 2 amide bonds. The van der Waals surface area contributed by atoms with Crippen LogP contribution in [0.15, 0.2) is 53.3 Å². The van der Waals surface area contributed by atoms with E-state index in [0.29, 0.717) is 22.1 Å². The van der Waals surface area contributed by atoms with Crippen molar-refractivity contribution in [1.29, 1.82) is 0 Å². The lowest BCUT2D eigenvalue weighted by Gasteiger charge is -2.23. The lowest BCUT2D eigenvalue weighted by Crippen LogP contribution is -2.36. The molecule has 9 nitrogen and oxygen atoms in total. The average Bonchev–Trinajstić information content (AvgIpc) is 2.73. The van der Waals surface area contributed by atoms with Gasteiger partial charge in [-0.05, 0) is 42.5 Å². The quantitative estimate of drug-likeness (QED) is 0.483. The number of fused-ring (bicyclic) bond motifs is 1. The van der Waals surface area contributed by atoms with E-state index in [9.17, 15) is 14.4 Å². The summed E-state index contributed by atoms with van der Waals surface area (Å²) in [7, 11) is 1.56. The molecule has 2 aromatic carbocycles. The van der Waals surface area contributed by atoms with Gasteiger partial charge in [-0.15, -0.1) is 0 Å². The maximum absolute atomic E-state index is 12.8. The van der Waals surface area contributed by atoms with Gasteiger partial charge >= 0.3 is 0 Å². The van der Waals surface area contributed by atoms with Crippen LogP contribution in [0.4, 0.5) is 23.1 Å². The summed E-state index contributed by atoms with van der Waals surface area (Å²) in [6.45, 7) is 0. The maximum Gasteiger partial charge on any atom is 0.258 e. The van der Waals surface area contributed by atoms with Crippen molar-refractivity contribution in [2.45, 2.75) is 12.3 Å². The Morgan fingerprint density at radius 2 is 1.94 bits per heavy atom. The summed E-state index contributed by atoms with van der Waals surface area (Å²) in [6.07, 6.45) is -0.171. The van der Waals surface area contributed by atoms with Gasteiger partial charge in [-0.3, -0.25) is 19.4 Å². The second kappa shape index (κ2) is 8.49. The standard InChI is InChI=1S/C21H18ClN5O4/c1-31-14-7-5-12(6-8-14)24-21-26-18-17(20(30)27-21)15(10-16(28)25-18)19(29)23-13-4-2-3-11(22)9-13/h2-9,15H,10H2,1H3,(H,23,29)(H3,24,25,26,27,28,30)/t15-/m0/s1. The smallest absolute Gasteiger partial charge is 0.258 e. The zero-order valence-electron chi connectivity index (χ0n) is 16.4. The Bertz CT molecular complexity index is 1210. The topological polar surface area (TPSA) is 125 Å². The summed E-state index contributed by atoms with van der Waals surface area (Å²) in [6, 6.07) is 13.6. The molecule has 0 spiro atoms. The minimum Gasteiger partial charge on any atom is -0.497 e. The predicted molar refractivity (Wildman–Crippen MR) is 117 cm³/mol. The molecular weight excluding hydrogens is 422 g/mol. The monoisotopic (exact) mass is 439 g/mol. The highest BCUT2D eigenvalue weighted by Crippen LogP contribution is 2.30. The number of anilines is 4. The van der Waals surface area contributed by atoms with E-state index in [1.165, 1.54) is 0 Å². The molecule has 10 heteroatoms. The van der Waals surface area contributed by atoms with Crippen LogP contribution in [0.2, 0.25) is 5.02 Å². The highest BCUT2D eigenvalue weighted by molar-refractivity contribution is 6.30. The van der Waals surface area contributed by atoms with Crippen LogP contribution in [-0.2, 0) is 9.59 Å². The van der Waals surface area contributed by atoms with Crippen LogP contribution < -0.4 is 26.2 Å². The summed E-state index contributed by atoms with van der Waals surface area (Å²) in [5.74, 6) is -1.05. The van der Waals surface area contributed by atoms with Gasteiger partial charge in [-0.25, -0.2) is 0 Å². The fourth-order valence-electron chi connectivity index (χ4n) is 3.26. The van der Waals surface area contributed by atoms with E-state index in [-0.39, 0.29) is 23.8 Å². The van der Waals surface area contributed by atoms with Gasteiger partial charge in [0.2, 0.25) is 17.8 Å². The number of H-pyrrole nitrogens is 1. The molecule has 0 unspecified atom stereocenters. The fraction of sp³-hybridized carbons (Fsp3) is 0.143. The van der Waals surface area contributed by atoms with Crippen molar-refractivity contribution in [3.05, 3.63) is 69.5 Å². The molecule has 1 atom stereocenters. The molecule has 31 heavy (non-hydrogen) atoms. The fourth-order valence-corrected chi connectivity index (χ4v) is 3.45. The van der Waals surface area contributed by atoms with Crippen molar-refractivity contribution >= 4 is 46.6 Å². The van der Waals surface area contributed by atoms with Gasteiger partial charge in [-0.1, -0.05) is 17.7 Å². The molecule has 0 saturated carbocycles. The number of aromatic nitrogens is 2. The summed E-state index contributed by atoms with van der Waals surface area (Å²) >= 11 is 5.95. The number of rotatable bonds is 5. The molecule has 1 aromatic heterocycles. The third-order valence-corrected chi connectivity index (χ3v) is 4.95. The number of carbonyl (C=O) groups is 2. The first kappa shape index (κ1) is 20.4. The number of nitrogens with one attached hydrogen (secondary N) is 4. The van der Waals surface area contributed by atoms with Gasteiger partial charge in [0, 0.05) is 22.8 Å². The Balaban J connectivity index is 1.61. The number of amides is 2. The van der Waals surface area contributed by atoms with Crippen LogP contribution in [0.5, 0.6) is 5.75 Å².